The molecule has 1 aliphatic rings. The molecule has 112 valence electrons. The van der Waals surface area contributed by atoms with Crippen molar-refractivity contribution in [3.8, 4) is 0 Å². The third-order valence-electron chi connectivity index (χ3n) is 3.78. The average molecular weight is 290 g/mol. The van der Waals surface area contributed by atoms with E-state index in [1.165, 1.54) is 6.33 Å². The Labute approximate surface area is 121 Å². The Hall–Kier alpha value is -2.22. The molecule has 0 spiro atoms. The van der Waals surface area contributed by atoms with Gasteiger partial charge in [-0.3, -0.25) is 4.79 Å². The summed E-state index contributed by atoms with van der Waals surface area (Å²) in [6, 6.07) is 0. The molecular formula is C13H18N6O2. The molecule has 3 heterocycles. The second kappa shape index (κ2) is 6.04. The molecule has 2 aromatic rings. The van der Waals surface area contributed by atoms with E-state index < -0.39 is 0 Å². The number of aromatic amines is 1. The van der Waals surface area contributed by atoms with E-state index in [9.17, 15) is 4.79 Å². The first kappa shape index (κ1) is 13.7. The third kappa shape index (κ3) is 2.80. The van der Waals surface area contributed by atoms with Gasteiger partial charge in [-0.15, -0.1) is 0 Å². The van der Waals surface area contributed by atoms with Crippen molar-refractivity contribution in [2.75, 3.05) is 31.1 Å². The highest BCUT2D eigenvalue weighted by atomic mass is 16.3. The van der Waals surface area contributed by atoms with Crippen LogP contribution in [0.1, 0.15) is 12.8 Å². The number of carbonyl (C=O) groups excluding carboxylic acids is 1. The molecule has 3 N–H and O–H groups in total. The van der Waals surface area contributed by atoms with Crippen molar-refractivity contribution in [3.63, 3.8) is 0 Å². The van der Waals surface area contributed by atoms with Crippen LogP contribution in [-0.2, 0) is 4.79 Å². The predicted molar refractivity (Wildman–Crippen MR) is 76.7 cm³/mol. The van der Waals surface area contributed by atoms with Crippen molar-refractivity contribution in [1.82, 2.24) is 25.3 Å². The Bertz CT molecular complexity index is 620. The van der Waals surface area contributed by atoms with Gasteiger partial charge in [0.25, 0.3) is 0 Å². The van der Waals surface area contributed by atoms with Crippen LogP contribution in [0.4, 0.5) is 5.82 Å². The van der Waals surface area contributed by atoms with Gasteiger partial charge in [-0.25, -0.2) is 15.0 Å². The van der Waals surface area contributed by atoms with Gasteiger partial charge in [-0.2, -0.15) is 0 Å². The van der Waals surface area contributed by atoms with Crippen LogP contribution in [0, 0.1) is 5.92 Å². The smallest absolute Gasteiger partial charge is 0.223 e. The number of H-pyrrole nitrogens is 1. The highest BCUT2D eigenvalue weighted by molar-refractivity contribution is 5.83. The molecule has 1 aliphatic heterocycles. The summed E-state index contributed by atoms with van der Waals surface area (Å²) in [5.74, 6) is 0.872. The van der Waals surface area contributed by atoms with E-state index in [1.807, 2.05) is 0 Å². The summed E-state index contributed by atoms with van der Waals surface area (Å²) < 4.78 is 0. The molecule has 0 atom stereocenters. The highest BCUT2D eigenvalue weighted by Gasteiger charge is 2.26. The van der Waals surface area contributed by atoms with Gasteiger partial charge in [0.1, 0.15) is 11.8 Å². The van der Waals surface area contributed by atoms with E-state index in [-0.39, 0.29) is 18.4 Å². The maximum atomic E-state index is 11.9. The molecule has 21 heavy (non-hydrogen) atoms. The summed E-state index contributed by atoms with van der Waals surface area (Å²) in [6.45, 7) is 1.83. The zero-order chi connectivity index (χ0) is 14.7. The monoisotopic (exact) mass is 290 g/mol. The van der Waals surface area contributed by atoms with Gasteiger partial charge in [0.2, 0.25) is 5.91 Å². The van der Waals surface area contributed by atoms with E-state index >= 15 is 0 Å². The topological polar surface area (TPSA) is 107 Å². The first-order valence-electron chi connectivity index (χ1n) is 7.07. The number of hydrogen-bond donors (Lipinski definition) is 3. The van der Waals surface area contributed by atoms with E-state index in [0.717, 1.165) is 37.3 Å². The van der Waals surface area contributed by atoms with Crippen molar-refractivity contribution in [2.45, 2.75) is 12.8 Å². The second-order valence-corrected chi connectivity index (χ2v) is 5.07. The maximum absolute atomic E-state index is 11.9. The minimum absolute atomic E-state index is 0.00638. The number of rotatable bonds is 4. The second-order valence-electron chi connectivity index (χ2n) is 5.07. The first-order valence-corrected chi connectivity index (χ1v) is 7.07. The lowest BCUT2D eigenvalue weighted by atomic mass is 9.96. The molecule has 0 radical (unpaired) electrons. The molecule has 2 aromatic heterocycles. The van der Waals surface area contributed by atoms with Crippen LogP contribution in [0.3, 0.4) is 0 Å². The summed E-state index contributed by atoms with van der Waals surface area (Å²) >= 11 is 0. The number of aliphatic hydroxyl groups is 1. The number of aromatic nitrogens is 4. The number of fused-ring (bicyclic) bond motifs is 1. The molecule has 3 rings (SSSR count). The van der Waals surface area contributed by atoms with Crippen molar-refractivity contribution in [2.24, 2.45) is 5.92 Å². The van der Waals surface area contributed by atoms with Gasteiger partial charge in [-0.1, -0.05) is 0 Å². The van der Waals surface area contributed by atoms with Gasteiger partial charge in [0.05, 0.1) is 12.9 Å². The Morgan fingerprint density at radius 3 is 2.95 bits per heavy atom. The fourth-order valence-electron chi connectivity index (χ4n) is 2.67. The summed E-state index contributed by atoms with van der Waals surface area (Å²) in [5.41, 5.74) is 1.49. The zero-order valence-electron chi connectivity index (χ0n) is 11.6. The zero-order valence-corrected chi connectivity index (χ0v) is 11.6. The number of imidazole rings is 1. The number of nitrogens with zero attached hydrogens (tertiary/aromatic N) is 4. The number of hydrogen-bond acceptors (Lipinski definition) is 6. The Morgan fingerprint density at radius 1 is 1.38 bits per heavy atom. The molecule has 0 unspecified atom stereocenters. The summed E-state index contributed by atoms with van der Waals surface area (Å²) in [5, 5.41) is 11.5. The molecule has 8 nitrogen and oxygen atoms in total. The van der Waals surface area contributed by atoms with Gasteiger partial charge in [0.15, 0.2) is 11.5 Å². The summed E-state index contributed by atoms with van der Waals surface area (Å²) in [4.78, 5) is 29.7. The maximum Gasteiger partial charge on any atom is 0.223 e. The number of aliphatic hydroxyl groups excluding tert-OH is 1. The molecular weight excluding hydrogens is 272 g/mol. The van der Waals surface area contributed by atoms with Crippen LogP contribution < -0.4 is 10.2 Å². The number of amides is 1. The molecule has 8 heteroatoms. The van der Waals surface area contributed by atoms with Gasteiger partial charge < -0.3 is 20.3 Å². The average Bonchev–Trinajstić information content (AvgIpc) is 3.01. The lowest BCUT2D eigenvalue weighted by Gasteiger charge is -2.32. The quantitative estimate of drug-likeness (QED) is 0.712. The lowest BCUT2D eigenvalue weighted by molar-refractivity contribution is -0.125. The SMILES string of the molecule is O=C(NCCO)C1CCN(c2ncnc3nc[nH]c23)CC1. The molecule has 1 amide bonds. The van der Waals surface area contributed by atoms with Gasteiger partial charge >= 0.3 is 0 Å². The standard InChI is InChI=1S/C13H18N6O2/c20-6-3-14-13(21)9-1-4-19(5-2-9)12-10-11(16-7-15-10)17-8-18-12/h7-9,20H,1-6H2,(H,14,21)(H,15,16,17,18). The van der Waals surface area contributed by atoms with Crippen LogP contribution in [0.2, 0.25) is 0 Å². The van der Waals surface area contributed by atoms with Gasteiger partial charge in [0, 0.05) is 25.6 Å². The van der Waals surface area contributed by atoms with Crippen LogP contribution >= 0.6 is 0 Å². The van der Waals surface area contributed by atoms with E-state index in [1.54, 1.807) is 6.33 Å². The number of piperidine rings is 1. The molecule has 1 saturated heterocycles. The Morgan fingerprint density at radius 2 is 2.19 bits per heavy atom. The summed E-state index contributed by atoms with van der Waals surface area (Å²) in [7, 11) is 0. The van der Waals surface area contributed by atoms with Crippen LogP contribution in [-0.4, -0.2) is 57.2 Å². The van der Waals surface area contributed by atoms with E-state index in [4.69, 9.17) is 5.11 Å². The van der Waals surface area contributed by atoms with Crippen molar-refractivity contribution < 1.29 is 9.90 Å². The Kier molecular flexibility index (Phi) is 3.96. The predicted octanol–water partition coefficient (Wildman–Crippen LogP) is -0.322. The van der Waals surface area contributed by atoms with Crippen LogP contribution in [0.25, 0.3) is 11.2 Å². The Balaban J connectivity index is 1.66. The first-order chi connectivity index (χ1) is 10.3. The minimum Gasteiger partial charge on any atom is -0.395 e. The number of anilines is 1. The van der Waals surface area contributed by atoms with E-state index in [0.29, 0.717) is 12.2 Å². The molecule has 1 fully saturated rings. The normalized spacial score (nSPS) is 16.3. The molecule has 0 saturated carbocycles. The third-order valence-corrected chi connectivity index (χ3v) is 3.78. The molecule has 0 bridgehead atoms. The van der Waals surface area contributed by atoms with Crippen LogP contribution in [0.15, 0.2) is 12.7 Å². The fraction of sp³-hybridized carbons (Fsp3) is 0.538. The number of carbonyl (C=O) groups is 1. The van der Waals surface area contributed by atoms with Crippen molar-refractivity contribution in [1.29, 1.82) is 0 Å². The molecule has 0 aliphatic carbocycles. The fourth-order valence-corrected chi connectivity index (χ4v) is 2.67. The molecule has 0 aromatic carbocycles. The summed E-state index contributed by atoms with van der Waals surface area (Å²) in [6.07, 6.45) is 4.67. The lowest BCUT2D eigenvalue weighted by Crippen LogP contribution is -2.41. The highest BCUT2D eigenvalue weighted by Crippen LogP contribution is 2.25. The van der Waals surface area contributed by atoms with Crippen molar-refractivity contribution >= 4 is 22.9 Å². The largest absolute Gasteiger partial charge is 0.395 e. The van der Waals surface area contributed by atoms with Crippen LogP contribution in [0.5, 0.6) is 0 Å². The minimum atomic E-state index is -0.0245. The van der Waals surface area contributed by atoms with Crippen molar-refractivity contribution in [3.05, 3.63) is 12.7 Å². The number of nitrogens with one attached hydrogen (secondary N) is 2. The van der Waals surface area contributed by atoms with E-state index in [2.05, 4.69) is 30.2 Å². The van der Waals surface area contributed by atoms with Gasteiger partial charge in [-0.05, 0) is 12.8 Å².